The maximum atomic E-state index is 12.2. The zero-order valence-corrected chi connectivity index (χ0v) is 12.6. The molecule has 1 aliphatic rings. The minimum atomic E-state index is 0.0731. The van der Waals surface area contributed by atoms with Crippen molar-refractivity contribution in [3.8, 4) is 0 Å². The van der Waals surface area contributed by atoms with Gasteiger partial charge in [-0.25, -0.2) is 0 Å². The van der Waals surface area contributed by atoms with Gasteiger partial charge in [-0.3, -0.25) is 4.79 Å². The smallest absolute Gasteiger partial charge is 0.255 e. The lowest BCUT2D eigenvalue weighted by Gasteiger charge is -2.30. The number of carbonyl (C=O) groups is 1. The Kier molecular flexibility index (Phi) is 4.05. The molecule has 2 rings (SSSR count). The molecule has 0 radical (unpaired) electrons. The average Bonchev–Trinajstić information content (AvgIpc) is 2.57. The van der Waals surface area contributed by atoms with Crippen LogP contribution in [0.4, 0.5) is 0 Å². The Morgan fingerprint density at radius 3 is 2.88 bits per heavy atom. The van der Waals surface area contributed by atoms with Crippen LogP contribution in [0.2, 0.25) is 0 Å². The Balaban J connectivity index is 2.15. The van der Waals surface area contributed by atoms with Crippen molar-refractivity contribution in [3.63, 3.8) is 0 Å². The molecule has 0 aromatic carbocycles. The number of halogens is 2. The second kappa shape index (κ2) is 5.16. The third kappa shape index (κ3) is 2.67. The van der Waals surface area contributed by atoms with E-state index >= 15 is 0 Å². The number of nitrogens with zero attached hydrogens (tertiary/aromatic N) is 1. The summed E-state index contributed by atoms with van der Waals surface area (Å²) in [5.41, 5.74) is 6.60. The van der Waals surface area contributed by atoms with Gasteiger partial charge in [0.1, 0.15) is 0 Å². The van der Waals surface area contributed by atoms with Crippen molar-refractivity contribution >= 4 is 49.1 Å². The lowest BCUT2D eigenvalue weighted by Crippen LogP contribution is -2.45. The predicted octanol–water partition coefficient (Wildman–Crippen LogP) is 2.84. The van der Waals surface area contributed by atoms with Gasteiger partial charge >= 0.3 is 0 Å². The van der Waals surface area contributed by atoms with Crippen LogP contribution >= 0.6 is 43.2 Å². The molecule has 6 heteroatoms. The first-order valence-electron chi connectivity index (χ1n) is 5.07. The van der Waals surface area contributed by atoms with Crippen LogP contribution in [-0.2, 0) is 0 Å². The van der Waals surface area contributed by atoms with Crippen molar-refractivity contribution < 1.29 is 4.79 Å². The van der Waals surface area contributed by atoms with Gasteiger partial charge in [0, 0.05) is 19.1 Å². The normalized spacial score (nSPS) is 21.2. The minimum absolute atomic E-state index is 0.0731. The lowest BCUT2D eigenvalue weighted by atomic mass is 10.1. The zero-order chi connectivity index (χ0) is 11.7. The Bertz CT molecular complexity index is 408. The van der Waals surface area contributed by atoms with E-state index in [9.17, 15) is 4.79 Å². The molecule has 1 fully saturated rings. The highest BCUT2D eigenvalue weighted by Gasteiger charge is 2.24. The summed E-state index contributed by atoms with van der Waals surface area (Å²) in [6.45, 7) is 1.48. The van der Waals surface area contributed by atoms with Crippen molar-refractivity contribution in [2.45, 2.75) is 18.9 Å². The molecular formula is C10H12Br2N2OS. The summed E-state index contributed by atoms with van der Waals surface area (Å²) >= 11 is 8.31. The third-order valence-corrected chi connectivity index (χ3v) is 4.97. The number of nitrogens with two attached hydrogens (primary N) is 1. The number of amides is 1. The van der Waals surface area contributed by atoms with E-state index in [1.165, 1.54) is 11.3 Å². The third-order valence-electron chi connectivity index (χ3n) is 2.63. The molecule has 1 unspecified atom stereocenters. The Labute approximate surface area is 115 Å². The molecule has 1 aromatic heterocycles. The van der Waals surface area contributed by atoms with E-state index in [0.717, 1.165) is 32.5 Å². The van der Waals surface area contributed by atoms with E-state index in [0.29, 0.717) is 6.54 Å². The molecule has 1 amide bonds. The predicted molar refractivity (Wildman–Crippen MR) is 72.8 cm³/mol. The van der Waals surface area contributed by atoms with Gasteiger partial charge < -0.3 is 10.6 Å². The molecule has 0 aliphatic carbocycles. The van der Waals surface area contributed by atoms with E-state index < -0.39 is 0 Å². The molecule has 2 heterocycles. The van der Waals surface area contributed by atoms with Gasteiger partial charge in [-0.05, 0) is 50.8 Å². The number of likely N-dealkylation sites (tertiary alicyclic amines) is 1. The van der Waals surface area contributed by atoms with Crippen LogP contribution in [0.25, 0.3) is 0 Å². The minimum Gasteiger partial charge on any atom is -0.337 e. The molecule has 1 atom stereocenters. The summed E-state index contributed by atoms with van der Waals surface area (Å²) in [6.07, 6.45) is 2.01. The van der Waals surface area contributed by atoms with Crippen molar-refractivity contribution in [2.75, 3.05) is 13.1 Å². The van der Waals surface area contributed by atoms with E-state index in [1.54, 1.807) is 0 Å². The molecule has 0 saturated carbocycles. The fourth-order valence-corrected chi connectivity index (χ4v) is 4.63. The lowest BCUT2D eigenvalue weighted by molar-refractivity contribution is 0.0708. The summed E-state index contributed by atoms with van der Waals surface area (Å²) in [6, 6.07) is 1.98. The van der Waals surface area contributed by atoms with Crippen molar-refractivity contribution in [2.24, 2.45) is 5.73 Å². The van der Waals surface area contributed by atoms with Crippen LogP contribution in [0.15, 0.2) is 13.6 Å². The number of carbonyl (C=O) groups excluding carboxylic acids is 1. The van der Waals surface area contributed by atoms with E-state index in [1.807, 2.05) is 11.0 Å². The molecule has 0 spiro atoms. The highest BCUT2D eigenvalue weighted by atomic mass is 79.9. The largest absolute Gasteiger partial charge is 0.337 e. The van der Waals surface area contributed by atoms with Gasteiger partial charge in [0.05, 0.1) is 13.1 Å². The van der Waals surface area contributed by atoms with Crippen LogP contribution in [0, 0.1) is 0 Å². The maximum absolute atomic E-state index is 12.2. The summed E-state index contributed by atoms with van der Waals surface area (Å²) in [5, 5.41) is 0. The molecule has 0 bridgehead atoms. The summed E-state index contributed by atoms with van der Waals surface area (Å²) in [5.74, 6) is 0.0731. The fourth-order valence-electron chi connectivity index (χ4n) is 1.85. The van der Waals surface area contributed by atoms with Crippen molar-refractivity contribution in [1.29, 1.82) is 0 Å². The number of rotatable bonds is 1. The number of hydrogen-bond acceptors (Lipinski definition) is 3. The summed E-state index contributed by atoms with van der Waals surface area (Å²) in [7, 11) is 0. The van der Waals surface area contributed by atoms with E-state index in [2.05, 4.69) is 31.9 Å². The Morgan fingerprint density at radius 1 is 1.56 bits per heavy atom. The molecule has 1 saturated heterocycles. The first-order valence-corrected chi connectivity index (χ1v) is 7.48. The standard InChI is InChI=1S/C10H12Br2N2OS/c11-8-4-7(9(12)16-8)10(15)14-3-1-2-6(13)5-14/h4,6H,1-3,5,13H2. The van der Waals surface area contributed by atoms with Crippen LogP contribution < -0.4 is 5.73 Å². The van der Waals surface area contributed by atoms with Crippen LogP contribution in [-0.4, -0.2) is 29.9 Å². The van der Waals surface area contributed by atoms with Crippen molar-refractivity contribution in [1.82, 2.24) is 4.90 Å². The second-order valence-electron chi connectivity index (χ2n) is 3.89. The Morgan fingerprint density at radius 2 is 2.31 bits per heavy atom. The molecule has 3 nitrogen and oxygen atoms in total. The molecule has 16 heavy (non-hydrogen) atoms. The molecule has 88 valence electrons. The average molecular weight is 368 g/mol. The van der Waals surface area contributed by atoms with Gasteiger partial charge in [0.2, 0.25) is 0 Å². The second-order valence-corrected chi connectivity index (χ2v) is 7.64. The van der Waals surface area contributed by atoms with Gasteiger partial charge in [-0.15, -0.1) is 11.3 Å². The maximum Gasteiger partial charge on any atom is 0.255 e. The zero-order valence-electron chi connectivity index (χ0n) is 8.58. The molecule has 1 aromatic rings. The summed E-state index contributed by atoms with van der Waals surface area (Å²) in [4.78, 5) is 14.0. The van der Waals surface area contributed by atoms with Crippen LogP contribution in [0.1, 0.15) is 23.2 Å². The van der Waals surface area contributed by atoms with E-state index in [4.69, 9.17) is 5.73 Å². The molecule has 1 aliphatic heterocycles. The SMILES string of the molecule is NC1CCCN(C(=O)c2cc(Br)sc2Br)C1. The Hall–Kier alpha value is 0.0900. The quantitative estimate of drug-likeness (QED) is 0.829. The van der Waals surface area contributed by atoms with Crippen LogP contribution in [0.3, 0.4) is 0 Å². The first-order chi connectivity index (χ1) is 7.58. The number of thiophene rings is 1. The highest BCUT2D eigenvalue weighted by molar-refractivity contribution is 9.12. The van der Waals surface area contributed by atoms with E-state index in [-0.39, 0.29) is 11.9 Å². The van der Waals surface area contributed by atoms with Crippen molar-refractivity contribution in [3.05, 3.63) is 19.2 Å². The fraction of sp³-hybridized carbons (Fsp3) is 0.500. The summed E-state index contributed by atoms with van der Waals surface area (Å²) < 4.78 is 1.84. The topological polar surface area (TPSA) is 46.3 Å². The van der Waals surface area contributed by atoms with Gasteiger partial charge in [-0.2, -0.15) is 0 Å². The number of piperidine rings is 1. The molecule has 2 N–H and O–H groups in total. The first kappa shape index (κ1) is 12.5. The monoisotopic (exact) mass is 366 g/mol. The van der Waals surface area contributed by atoms with Gasteiger partial charge in [-0.1, -0.05) is 0 Å². The molecular weight excluding hydrogens is 356 g/mol. The van der Waals surface area contributed by atoms with Gasteiger partial charge in [0.25, 0.3) is 5.91 Å². The van der Waals surface area contributed by atoms with Gasteiger partial charge in [0.15, 0.2) is 0 Å². The van der Waals surface area contributed by atoms with Crippen LogP contribution in [0.5, 0.6) is 0 Å². The highest BCUT2D eigenvalue weighted by Crippen LogP contribution is 2.32. The number of hydrogen-bond donors (Lipinski definition) is 1.